The number of carbonyl (C=O) groups excluding carboxylic acids is 2. The second-order valence-electron chi connectivity index (χ2n) is 7.29. The number of amides is 1. The van der Waals surface area contributed by atoms with Crippen LogP contribution in [0.4, 0.5) is 0 Å². The summed E-state index contributed by atoms with van der Waals surface area (Å²) < 4.78 is 1.93. The molecule has 2 rings (SSSR count). The van der Waals surface area contributed by atoms with Gasteiger partial charge in [0.1, 0.15) is 11.5 Å². The number of hydrogen-bond acceptors (Lipinski definition) is 4. The molecule has 0 aromatic carbocycles. The summed E-state index contributed by atoms with van der Waals surface area (Å²) in [4.78, 5) is 32.6. The number of aromatic nitrogens is 2. The van der Waals surface area contributed by atoms with Crippen molar-refractivity contribution in [3.8, 4) is 0 Å². The topological polar surface area (TPSA) is 58.4 Å². The molecular formula is C21H34N4O2. The van der Waals surface area contributed by atoms with E-state index >= 15 is 0 Å². The van der Waals surface area contributed by atoms with Crippen LogP contribution < -0.4 is 0 Å². The zero-order chi connectivity index (χ0) is 19.6. The molecular weight excluding hydrogens is 340 g/mol. The van der Waals surface area contributed by atoms with E-state index in [-0.39, 0.29) is 11.7 Å². The van der Waals surface area contributed by atoms with E-state index in [0.29, 0.717) is 25.3 Å². The van der Waals surface area contributed by atoms with E-state index in [1.165, 1.54) is 25.7 Å². The predicted molar refractivity (Wildman–Crippen MR) is 108 cm³/mol. The van der Waals surface area contributed by atoms with Gasteiger partial charge in [0.05, 0.1) is 12.7 Å². The molecule has 0 atom stereocenters. The van der Waals surface area contributed by atoms with Gasteiger partial charge in [0.25, 0.3) is 0 Å². The summed E-state index contributed by atoms with van der Waals surface area (Å²) in [5.74, 6) is 0.830. The number of carbonyl (C=O) groups is 2. The van der Waals surface area contributed by atoms with Crippen molar-refractivity contribution >= 4 is 11.7 Å². The third-order valence-electron chi connectivity index (χ3n) is 5.03. The Morgan fingerprint density at radius 3 is 2.67 bits per heavy atom. The Morgan fingerprint density at radius 1 is 1.15 bits per heavy atom. The van der Waals surface area contributed by atoms with Gasteiger partial charge in [-0.1, -0.05) is 39.2 Å². The van der Waals surface area contributed by atoms with Gasteiger partial charge < -0.3 is 9.47 Å². The highest BCUT2D eigenvalue weighted by atomic mass is 16.2. The molecule has 1 aromatic rings. The second-order valence-corrected chi connectivity index (χ2v) is 7.29. The van der Waals surface area contributed by atoms with Crippen LogP contribution in [0, 0.1) is 0 Å². The van der Waals surface area contributed by atoms with Crippen LogP contribution in [0.5, 0.6) is 0 Å². The fourth-order valence-corrected chi connectivity index (χ4v) is 3.51. The number of nitrogens with zero attached hydrogens (tertiary/aromatic N) is 4. The molecule has 0 unspecified atom stereocenters. The first-order valence-electron chi connectivity index (χ1n) is 10.3. The number of imidazole rings is 1. The van der Waals surface area contributed by atoms with Crippen molar-refractivity contribution in [3.05, 3.63) is 29.9 Å². The minimum atomic E-state index is 0.0170. The molecule has 0 saturated carbocycles. The van der Waals surface area contributed by atoms with Crippen LogP contribution >= 0.6 is 0 Å². The van der Waals surface area contributed by atoms with Crippen LogP contribution in [-0.2, 0) is 17.9 Å². The Bertz CT molecular complexity index is 651. The number of unbranched alkanes of at least 4 members (excludes halogenated alkanes) is 3. The number of hydrogen-bond donors (Lipinski definition) is 0. The molecule has 0 N–H and O–H groups in total. The largest absolute Gasteiger partial charge is 0.330 e. The minimum Gasteiger partial charge on any atom is -0.330 e. The maximum Gasteiger partial charge on any atom is 0.246 e. The fourth-order valence-electron chi connectivity index (χ4n) is 3.51. The standard InChI is InChI=1S/C21H34N4O2/c1-4-6-7-8-12-23(11-5-2)13-9-10-21(27)24-14-15-25-19(18(3)26)16-22-20(25)17-24/h9-10,16H,4-8,11-15,17H2,1-3H3/b10-9+. The van der Waals surface area contributed by atoms with Crippen LogP contribution in [0.25, 0.3) is 0 Å². The molecule has 0 saturated heterocycles. The maximum absolute atomic E-state index is 12.5. The van der Waals surface area contributed by atoms with Gasteiger partial charge in [0, 0.05) is 32.6 Å². The van der Waals surface area contributed by atoms with Gasteiger partial charge in [-0.2, -0.15) is 0 Å². The second kappa shape index (κ2) is 11.0. The van der Waals surface area contributed by atoms with Gasteiger partial charge in [-0.15, -0.1) is 0 Å². The summed E-state index contributed by atoms with van der Waals surface area (Å²) in [6, 6.07) is 0. The molecule has 6 heteroatoms. The summed E-state index contributed by atoms with van der Waals surface area (Å²) in [6.45, 7) is 10.7. The molecule has 6 nitrogen and oxygen atoms in total. The zero-order valence-corrected chi connectivity index (χ0v) is 17.1. The molecule has 0 spiro atoms. The van der Waals surface area contributed by atoms with E-state index in [1.807, 2.05) is 10.6 Å². The van der Waals surface area contributed by atoms with Crippen LogP contribution in [0.3, 0.4) is 0 Å². The zero-order valence-electron chi connectivity index (χ0n) is 17.1. The maximum atomic E-state index is 12.5. The smallest absolute Gasteiger partial charge is 0.246 e. The summed E-state index contributed by atoms with van der Waals surface area (Å²) in [6.07, 6.45) is 11.5. The fraction of sp³-hybridized carbons (Fsp3) is 0.667. The Kier molecular flexibility index (Phi) is 8.72. The molecule has 1 amide bonds. The molecule has 0 aliphatic carbocycles. The van der Waals surface area contributed by atoms with Crippen LogP contribution in [-0.4, -0.2) is 57.2 Å². The number of rotatable bonds is 11. The van der Waals surface area contributed by atoms with Gasteiger partial charge in [-0.05, 0) is 25.9 Å². The average molecular weight is 375 g/mol. The number of ketones is 1. The molecule has 0 radical (unpaired) electrons. The number of Topliss-reactive ketones (excluding diaryl/α,β-unsaturated/α-hetero) is 1. The van der Waals surface area contributed by atoms with Crippen molar-refractivity contribution in [2.75, 3.05) is 26.2 Å². The summed E-state index contributed by atoms with van der Waals surface area (Å²) in [5, 5.41) is 0. The van der Waals surface area contributed by atoms with Gasteiger partial charge in [0.15, 0.2) is 5.78 Å². The monoisotopic (exact) mass is 374 g/mol. The van der Waals surface area contributed by atoms with Crippen LogP contribution in [0.1, 0.15) is 69.2 Å². The first-order valence-corrected chi connectivity index (χ1v) is 10.3. The van der Waals surface area contributed by atoms with E-state index in [1.54, 1.807) is 24.1 Å². The lowest BCUT2D eigenvalue weighted by atomic mass is 10.2. The lowest BCUT2D eigenvalue weighted by Gasteiger charge is -2.27. The Morgan fingerprint density at radius 2 is 1.96 bits per heavy atom. The third-order valence-corrected chi connectivity index (χ3v) is 5.03. The molecule has 0 bridgehead atoms. The highest BCUT2D eigenvalue weighted by Gasteiger charge is 2.23. The van der Waals surface area contributed by atoms with Crippen LogP contribution in [0.2, 0.25) is 0 Å². The molecule has 1 aliphatic rings. The van der Waals surface area contributed by atoms with Crippen LogP contribution in [0.15, 0.2) is 18.3 Å². The van der Waals surface area contributed by atoms with Crippen molar-refractivity contribution in [3.63, 3.8) is 0 Å². The SMILES string of the molecule is CCCCCCN(C/C=C/C(=O)N1CCn2c(C(C)=O)cnc2C1)CCC. The van der Waals surface area contributed by atoms with E-state index in [9.17, 15) is 9.59 Å². The first kappa shape index (κ1) is 21.4. The Labute approximate surface area is 163 Å². The van der Waals surface area contributed by atoms with Crippen molar-refractivity contribution < 1.29 is 9.59 Å². The first-order chi connectivity index (χ1) is 13.1. The molecule has 27 heavy (non-hydrogen) atoms. The molecule has 2 heterocycles. The highest BCUT2D eigenvalue weighted by molar-refractivity contribution is 5.92. The quantitative estimate of drug-likeness (QED) is 0.339. The lowest BCUT2D eigenvalue weighted by molar-refractivity contribution is -0.127. The summed E-state index contributed by atoms with van der Waals surface area (Å²) >= 11 is 0. The Hall–Kier alpha value is -1.95. The van der Waals surface area contributed by atoms with Gasteiger partial charge in [-0.3, -0.25) is 14.5 Å². The van der Waals surface area contributed by atoms with Gasteiger partial charge in [-0.25, -0.2) is 4.98 Å². The van der Waals surface area contributed by atoms with E-state index in [0.717, 1.165) is 31.9 Å². The molecule has 150 valence electrons. The molecule has 1 aliphatic heterocycles. The van der Waals surface area contributed by atoms with Gasteiger partial charge >= 0.3 is 0 Å². The van der Waals surface area contributed by atoms with Crippen molar-refractivity contribution in [2.45, 2.75) is 66.0 Å². The van der Waals surface area contributed by atoms with Crippen molar-refractivity contribution in [1.29, 1.82) is 0 Å². The van der Waals surface area contributed by atoms with E-state index in [4.69, 9.17) is 0 Å². The predicted octanol–water partition coefficient (Wildman–Crippen LogP) is 3.28. The lowest BCUT2D eigenvalue weighted by Crippen LogP contribution is -2.38. The van der Waals surface area contributed by atoms with Crippen molar-refractivity contribution in [1.82, 2.24) is 19.4 Å². The number of fused-ring (bicyclic) bond motifs is 1. The van der Waals surface area contributed by atoms with E-state index in [2.05, 4.69) is 23.7 Å². The highest BCUT2D eigenvalue weighted by Crippen LogP contribution is 2.15. The van der Waals surface area contributed by atoms with Crippen molar-refractivity contribution in [2.24, 2.45) is 0 Å². The normalized spacial score (nSPS) is 14.1. The average Bonchev–Trinajstić information content (AvgIpc) is 3.08. The van der Waals surface area contributed by atoms with E-state index < -0.39 is 0 Å². The molecule has 0 fully saturated rings. The summed E-state index contributed by atoms with van der Waals surface area (Å²) in [7, 11) is 0. The summed E-state index contributed by atoms with van der Waals surface area (Å²) in [5.41, 5.74) is 0.630. The Balaban J connectivity index is 1.83. The third kappa shape index (κ3) is 6.31. The van der Waals surface area contributed by atoms with Gasteiger partial charge in [0.2, 0.25) is 5.91 Å². The minimum absolute atomic E-state index is 0.0170. The molecule has 1 aromatic heterocycles.